The average molecular weight is 142 g/mol. The second kappa shape index (κ2) is 8.08. The third-order valence-corrected chi connectivity index (χ3v) is 0.785. The van der Waals surface area contributed by atoms with Crippen LogP contribution in [0, 0.1) is 0 Å². The number of carbonyl (C=O) groups excluding carboxylic acids is 2. The minimum Gasteiger partial charge on any atom is -0.300 e. The lowest BCUT2D eigenvalue weighted by atomic mass is 10.4. The molecule has 0 radical (unpaired) electrons. The van der Waals surface area contributed by atoms with Gasteiger partial charge in [-0.1, -0.05) is 13.5 Å². The molecule has 0 N–H and O–H groups in total. The van der Waals surface area contributed by atoms with Gasteiger partial charge < -0.3 is 4.79 Å². The highest BCUT2D eigenvalue weighted by Crippen LogP contribution is 1.71. The van der Waals surface area contributed by atoms with E-state index in [-0.39, 0.29) is 11.6 Å². The normalized spacial score (nSPS) is 7.10. The molecule has 0 aliphatic heterocycles. The average Bonchev–Trinajstić information content (AvgIpc) is 1.89. The summed E-state index contributed by atoms with van der Waals surface area (Å²) in [7, 11) is 0. The van der Waals surface area contributed by atoms with Crippen molar-refractivity contribution in [3.63, 3.8) is 0 Å². The number of ketones is 2. The standard InChI is InChI=1S/C4H8O.C4H6O/c2*1-3-4(2)5/h3H2,1-2H3;3H,1H2,2H3. The first-order valence-electron chi connectivity index (χ1n) is 3.17. The highest BCUT2D eigenvalue weighted by Gasteiger charge is 1.76. The Morgan fingerprint density at radius 2 is 1.60 bits per heavy atom. The van der Waals surface area contributed by atoms with Gasteiger partial charge in [0.25, 0.3) is 0 Å². The van der Waals surface area contributed by atoms with Crippen LogP contribution in [0.4, 0.5) is 0 Å². The molecule has 0 aromatic heterocycles. The number of allylic oxidation sites excluding steroid dienone is 1. The lowest BCUT2D eigenvalue weighted by molar-refractivity contribution is -0.116. The Kier molecular flexibility index (Phi) is 9.56. The molecule has 0 aromatic rings. The van der Waals surface area contributed by atoms with Crippen LogP contribution < -0.4 is 0 Å². The van der Waals surface area contributed by atoms with Crippen molar-refractivity contribution >= 4 is 11.6 Å². The van der Waals surface area contributed by atoms with E-state index in [1.807, 2.05) is 6.92 Å². The predicted molar refractivity (Wildman–Crippen MR) is 41.9 cm³/mol. The summed E-state index contributed by atoms with van der Waals surface area (Å²) < 4.78 is 0. The lowest BCUT2D eigenvalue weighted by Crippen LogP contribution is -1.80. The van der Waals surface area contributed by atoms with Gasteiger partial charge in [-0.25, -0.2) is 0 Å². The molecule has 2 heteroatoms. The van der Waals surface area contributed by atoms with Crippen LogP contribution in [-0.2, 0) is 9.59 Å². The first kappa shape index (κ1) is 11.8. The fourth-order valence-electron chi connectivity index (χ4n) is 0. The summed E-state index contributed by atoms with van der Waals surface area (Å²) in [5, 5.41) is 0. The molecule has 0 aliphatic carbocycles. The molecule has 0 atom stereocenters. The Labute approximate surface area is 61.9 Å². The van der Waals surface area contributed by atoms with Crippen molar-refractivity contribution in [1.82, 2.24) is 0 Å². The molecular weight excluding hydrogens is 128 g/mol. The topological polar surface area (TPSA) is 34.1 Å². The van der Waals surface area contributed by atoms with Gasteiger partial charge in [-0.05, 0) is 19.9 Å². The van der Waals surface area contributed by atoms with E-state index in [9.17, 15) is 9.59 Å². The summed E-state index contributed by atoms with van der Waals surface area (Å²) in [6.45, 7) is 8.11. The van der Waals surface area contributed by atoms with Crippen LogP contribution in [0.3, 0.4) is 0 Å². The number of rotatable bonds is 2. The van der Waals surface area contributed by atoms with Crippen molar-refractivity contribution in [2.75, 3.05) is 0 Å². The van der Waals surface area contributed by atoms with Crippen LogP contribution >= 0.6 is 0 Å². The smallest absolute Gasteiger partial charge is 0.152 e. The number of hydrogen-bond donors (Lipinski definition) is 0. The van der Waals surface area contributed by atoms with E-state index in [2.05, 4.69) is 6.58 Å². The minimum absolute atomic E-state index is 0.0185. The molecule has 10 heavy (non-hydrogen) atoms. The minimum atomic E-state index is 0.0185. The Bertz CT molecular complexity index is 125. The van der Waals surface area contributed by atoms with E-state index in [0.29, 0.717) is 6.42 Å². The molecule has 0 aromatic carbocycles. The maximum absolute atomic E-state index is 9.81. The molecule has 0 fully saturated rings. The largest absolute Gasteiger partial charge is 0.300 e. The zero-order chi connectivity index (χ0) is 8.57. The van der Waals surface area contributed by atoms with E-state index in [1.165, 1.54) is 13.0 Å². The predicted octanol–water partition coefficient (Wildman–Crippen LogP) is 1.75. The molecule has 58 valence electrons. The third-order valence-electron chi connectivity index (χ3n) is 0.785. The lowest BCUT2D eigenvalue weighted by Gasteiger charge is -1.71. The Morgan fingerprint density at radius 1 is 1.40 bits per heavy atom. The number of carbonyl (C=O) groups is 2. The highest BCUT2D eigenvalue weighted by molar-refractivity contribution is 5.86. The maximum atomic E-state index is 9.81. The van der Waals surface area contributed by atoms with Gasteiger partial charge in [-0.3, -0.25) is 4.79 Å². The quantitative estimate of drug-likeness (QED) is 0.550. The molecule has 0 heterocycles. The van der Waals surface area contributed by atoms with Crippen LogP contribution in [0.25, 0.3) is 0 Å². The number of hydrogen-bond acceptors (Lipinski definition) is 2. The second-order valence-electron chi connectivity index (χ2n) is 1.87. The molecule has 0 saturated heterocycles. The SMILES string of the molecule is C=CC(C)=O.CCC(C)=O. The summed E-state index contributed by atoms with van der Waals surface area (Å²) >= 11 is 0. The summed E-state index contributed by atoms with van der Waals surface area (Å²) in [5.41, 5.74) is 0. The third kappa shape index (κ3) is 27.6. The fourth-order valence-corrected chi connectivity index (χ4v) is 0. The van der Waals surface area contributed by atoms with Crippen LogP contribution in [0.1, 0.15) is 27.2 Å². The molecule has 0 rings (SSSR count). The van der Waals surface area contributed by atoms with Crippen LogP contribution in [-0.4, -0.2) is 11.6 Å². The van der Waals surface area contributed by atoms with E-state index >= 15 is 0 Å². The van der Waals surface area contributed by atoms with E-state index in [0.717, 1.165) is 0 Å². The van der Waals surface area contributed by atoms with Crippen molar-refractivity contribution in [3.05, 3.63) is 12.7 Å². The molecule has 2 nitrogen and oxygen atoms in total. The zero-order valence-electron chi connectivity index (χ0n) is 6.81. The maximum Gasteiger partial charge on any atom is 0.152 e. The van der Waals surface area contributed by atoms with E-state index in [4.69, 9.17) is 0 Å². The van der Waals surface area contributed by atoms with Crippen molar-refractivity contribution in [1.29, 1.82) is 0 Å². The van der Waals surface area contributed by atoms with Crippen molar-refractivity contribution in [3.8, 4) is 0 Å². The summed E-state index contributed by atoms with van der Waals surface area (Å²) in [4.78, 5) is 19.5. The van der Waals surface area contributed by atoms with E-state index in [1.54, 1.807) is 6.92 Å². The van der Waals surface area contributed by atoms with Crippen LogP contribution in [0.15, 0.2) is 12.7 Å². The fraction of sp³-hybridized carbons (Fsp3) is 0.500. The van der Waals surface area contributed by atoms with Gasteiger partial charge in [0.2, 0.25) is 0 Å². The Morgan fingerprint density at radius 3 is 1.60 bits per heavy atom. The van der Waals surface area contributed by atoms with Gasteiger partial charge in [0.15, 0.2) is 5.78 Å². The second-order valence-corrected chi connectivity index (χ2v) is 1.87. The van der Waals surface area contributed by atoms with Gasteiger partial charge in [0, 0.05) is 6.42 Å². The number of Topliss-reactive ketones (excluding diaryl/α,β-unsaturated/α-hetero) is 1. The van der Waals surface area contributed by atoms with Crippen molar-refractivity contribution in [2.45, 2.75) is 27.2 Å². The molecule has 0 bridgehead atoms. The monoisotopic (exact) mass is 142 g/mol. The summed E-state index contributed by atoms with van der Waals surface area (Å²) in [5.74, 6) is 0.273. The van der Waals surface area contributed by atoms with Crippen LogP contribution in [0.2, 0.25) is 0 Å². The molecule has 0 spiro atoms. The Balaban J connectivity index is 0. The molecule has 0 amide bonds. The van der Waals surface area contributed by atoms with Crippen LogP contribution in [0.5, 0.6) is 0 Å². The first-order chi connectivity index (χ1) is 4.54. The van der Waals surface area contributed by atoms with Gasteiger partial charge in [-0.15, -0.1) is 0 Å². The van der Waals surface area contributed by atoms with Gasteiger partial charge in [-0.2, -0.15) is 0 Å². The molecule has 0 unspecified atom stereocenters. The highest BCUT2D eigenvalue weighted by atomic mass is 16.1. The molecule has 0 aliphatic rings. The van der Waals surface area contributed by atoms with Crippen molar-refractivity contribution < 1.29 is 9.59 Å². The Hall–Kier alpha value is -0.920. The van der Waals surface area contributed by atoms with Gasteiger partial charge >= 0.3 is 0 Å². The van der Waals surface area contributed by atoms with Gasteiger partial charge in [0.1, 0.15) is 5.78 Å². The zero-order valence-corrected chi connectivity index (χ0v) is 6.81. The van der Waals surface area contributed by atoms with E-state index < -0.39 is 0 Å². The van der Waals surface area contributed by atoms with Crippen molar-refractivity contribution in [2.24, 2.45) is 0 Å². The van der Waals surface area contributed by atoms with Gasteiger partial charge in [0.05, 0.1) is 0 Å². The molecular formula is C8H14O2. The first-order valence-corrected chi connectivity index (χ1v) is 3.17. The molecule has 0 saturated carbocycles. The summed E-state index contributed by atoms with van der Waals surface area (Å²) in [6, 6.07) is 0. The summed E-state index contributed by atoms with van der Waals surface area (Å²) in [6.07, 6.45) is 1.94.